The molecule has 0 aliphatic heterocycles. The second kappa shape index (κ2) is 4.99. The topological polar surface area (TPSA) is 52.6 Å². The maximum atomic E-state index is 12.6. The van der Waals surface area contributed by atoms with E-state index in [-0.39, 0.29) is 23.8 Å². The van der Waals surface area contributed by atoms with Gasteiger partial charge >= 0.3 is 11.9 Å². The van der Waals surface area contributed by atoms with Gasteiger partial charge in [-0.15, -0.1) is 0 Å². The third kappa shape index (κ3) is 2.36. The summed E-state index contributed by atoms with van der Waals surface area (Å²) in [5.41, 5.74) is -0.505. The van der Waals surface area contributed by atoms with Crippen molar-refractivity contribution in [1.29, 1.82) is 0 Å². The predicted octanol–water partition coefficient (Wildman–Crippen LogP) is 2.80. The van der Waals surface area contributed by atoms with Gasteiger partial charge in [0.1, 0.15) is 5.60 Å². The van der Waals surface area contributed by atoms with Crippen molar-refractivity contribution in [2.24, 2.45) is 35.5 Å². The molecule has 2 bridgehead atoms. The van der Waals surface area contributed by atoms with Crippen molar-refractivity contribution in [3.05, 3.63) is 0 Å². The number of methoxy groups -OCH3 is 1. The first-order chi connectivity index (χ1) is 9.83. The van der Waals surface area contributed by atoms with Gasteiger partial charge < -0.3 is 9.47 Å². The Labute approximate surface area is 126 Å². The summed E-state index contributed by atoms with van der Waals surface area (Å²) in [6, 6.07) is 0. The molecule has 3 aliphatic rings. The normalized spacial score (nSPS) is 41.0. The highest BCUT2D eigenvalue weighted by atomic mass is 16.6. The van der Waals surface area contributed by atoms with Crippen LogP contribution in [0.25, 0.3) is 0 Å². The van der Waals surface area contributed by atoms with Gasteiger partial charge in [-0.2, -0.15) is 0 Å². The number of rotatable bonds is 2. The van der Waals surface area contributed by atoms with E-state index >= 15 is 0 Å². The fourth-order valence-electron chi connectivity index (χ4n) is 5.25. The van der Waals surface area contributed by atoms with Crippen LogP contribution < -0.4 is 0 Å². The molecular weight excluding hydrogens is 268 g/mol. The van der Waals surface area contributed by atoms with E-state index in [1.165, 1.54) is 26.4 Å². The lowest BCUT2D eigenvalue weighted by Gasteiger charge is -2.36. The average Bonchev–Trinajstić information content (AvgIpc) is 3.05. The number of carbonyl (C=O) groups excluding carboxylic acids is 2. The van der Waals surface area contributed by atoms with Crippen molar-refractivity contribution in [2.45, 2.75) is 52.1 Å². The van der Waals surface area contributed by atoms with Gasteiger partial charge in [0, 0.05) is 0 Å². The van der Waals surface area contributed by atoms with Crippen LogP contribution in [0.1, 0.15) is 46.5 Å². The zero-order valence-electron chi connectivity index (χ0n) is 13.4. The van der Waals surface area contributed by atoms with Gasteiger partial charge in [-0.1, -0.05) is 6.42 Å². The number of carbonyl (C=O) groups is 2. The second-order valence-electron chi connectivity index (χ2n) is 7.93. The molecule has 6 atom stereocenters. The molecule has 0 radical (unpaired) electrons. The van der Waals surface area contributed by atoms with Crippen LogP contribution in [-0.4, -0.2) is 24.6 Å². The summed E-state index contributed by atoms with van der Waals surface area (Å²) >= 11 is 0. The summed E-state index contributed by atoms with van der Waals surface area (Å²) in [5, 5.41) is 0. The zero-order valence-corrected chi connectivity index (χ0v) is 13.4. The van der Waals surface area contributed by atoms with Crippen molar-refractivity contribution in [3.8, 4) is 0 Å². The van der Waals surface area contributed by atoms with Crippen LogP contribution in [0.4, 0.5) is 0 Å². The van der Waals surface area contributed by atoms with Gasteiger partial charge in [0.05, 0.1) is 18.9 Å². The van der Waals surface area contributed by atoms with Gasteiger partial charge in [0.2, 0.25) is 0 Å². The molecule has 4 nitrogen and oxygen atoms in total. The minimum absolute atomic E-state index is 0.198. The number of hydrogen-bond acceptors (Lipinski definition) is 4. The Morgan fingerprint density at radius 2 is 1.43 bits per heavy atom. The standard InChI is InChI=1S/C17H26O4/c1-17(2,3)21-16(19)14-12-8-11(13(14)15(18)20-4)9-6-5-7-10(9)12/h9-14H,5-8H2,1-4H3. The Kier molecular flexibility index (Phi) is 3.53. The van der Waals surface area contributed by atoms with Crippen LogP contribution in [0.5, 0.6) is 0 Å². The van der Waals surface area contributed by atoms with Crippen molar-refractivity contribution >= 4 is 11.9 Å². The number of esters is 2. The fraction of sp³-hybridized carbons (Fsp3) is 0.882. The summed E-state index contributed by atoms with van der Waals surface area (Å²) < 4.78 is 10.6. The lowest BCUT2D eigenvalue weighted by atomic mass is 9.69. The Hall–Kier alpha value is -1.06. The molecular formula is C17H26O4. The van der Waals surface area contributed by atoms with E-state index in [1.54, 1.807) is 0 Å². The van der Waals surface area contributed by atoms with Crippen LogP contribution in [-0.2, 0) is 19.1 Å². The largest absolute Gasteiger partial charge is 0.469 e. The highest BCUT2D eigenvalue weighted by Gasteiger charge is 2.63. The van der Waals surface area contributed by atoms with Crippen LogP contribution in [0.3, 0.4) is 0 Å². The summed E-state index contributed by atoms with van der Waals surface area (Å²) in [7, 11) is 1.42. The summed E-state index contributed by atoms with van der Waals surface area (Å²) in [6.45, 7) is 5.64. The molecule has 0 saturated heterocycles. The van der Waals surface area contributed by atoms with E-state index in [0.717, 1.165) is 6.42 Å². The molecule has 0 amide bonds. The molecule has 0 heterocycles. The van der Waals surface area contributed by atoms with E-state index in [1.807, 2.05) is 20.8 Å². The smallest absolute Gasteiger partial charge is 0.310 e. The van der Waals surface area contributed by atoms with Crippen molar-refractivity contribution < 1.29 is 19.1 Å². The van der Waals surface area contributed by atoms with Crippen LogP contribution in [0.2, 0.25) is 0 Å². The SMILES string of the molecule is COC(=O)C1C2CC(C3CCCC32)C1C(=O)OC(C)(C)C. The van der Waals surface area contributed by atoms with Crippen LogP contribution in [0, 0.1) is 35.5 Å². The monoisotopic (exact) mass is 294 g/mol. The Bertz CT molecular complexity index is 450. The van der Waals surface area contributed by atoms with Crippen LogP contribution >= 0.6 is 0 Å². The van der Waals surface area contributed by atoms with E-state index in [0.29, 0.717) is 23.7 Å². The molecule has 6 unspecified atom stereocenters. The van der Waals surface area contributed by atoms with E-state index in [4.69, 9.17) is 9.47 Å². The van der Waals surface area contributed by atoms with Crippen LogP contribution in [0.15, 0.2) is 0 Å². The first-order valence-corrected chi connectivity index (χ1v) is 8.14. The number of hydrogen-bond donors (Lipinski definition) is 0. The first kappa shape index (κ1) is 14.9. The Morgan fingerprint density at radius 3 is 1.90 bits per heavy atom. The third-order valence-electron chi connectivity index (χ3n) is 5.73. The Balaban J connectivity index is 1.86. The minimum atomic E-state index is -0.505. The maximum absolute atomic E-state index is 12.6. The number of ether oxygens (including phenoxy) is 2. The predicted molar refractivity (Wildman–Crippen MR) is 77.3 cm³/mol. The molecule has 0 spiro atoms. The molecule has 0 aromatic carbocycles. The minimum Gasteiger partial charge on any atom is -0.469 e. The molecule has 4 heteroatoms. The first-order valence-electron chi connectivity index (χ1n) is 8.14. The molecule has 3 saturated carbocycles. The van der Waals surface area contributed by atoms with E-state index in [2.05, 4.69) is 0 Å². The lowest BCUT2D eigenvalue weighted by Crippen LogP contribution is -2.43. The highest BCUT2D eigenvalue weighted by Crippen LogP contribution is 2.63. The molecule has 3 aliphatic carbocycles. The number of fused-ring (bicyclic) bond motifs is 5. The molecule has 0 N–H and O–H groups in total. The molecule has 0 aromatic rings. The van der Waals surface area contributed by atoms with E-state index < -0.39 is 5.60 Å². The van der Waals surface area contributed by atoms with Gasteiger partial charge in [-0.3, -0.25) is 9.59 Å². The lowest BCUT2D eigenvalue weighted by molar-refractivity contribution is -0.172. The summed E-state index contributed by atoms with van der Waals surface area (Å²) in [5.74, 6) is 0.898. The summed E-state index contributed by atoms with van der Waals surface area (Å²) in [6.07, 6.45) is 4.65. The van der Waals surface area contributed by atoms with Gasteiger partial charge in [0.25, 0.3) is 0 Å². The van der Waals surface area contributed by atoms with Crippen molar-refractivity contribution in [2.75, 3.05) is 7.11 Å². The molecule has 3 rings (SSSR count). The fourth-order valence-corrected chi connectivity index (χ4v) is 5.25. The van der Waals surface area contributed by atoms with Gasteiger partial charge in [-0.25, -0.2) is 0 Å². The average molecular weight is 294 g/mol. The quantitative estimate of drug-likeness (QED) is 0.735. The van der Waals surface area contributed by atoms with Crippen molar-refractivity contribution in [3.63, 3.8) is 0 Å². The molecule has 118 valence electrons. The van der Waals surface area contributed by atoms with Gasteiger partial charge in [0.15, 0.2) is 0 Å². The highest BCUT2D eigenvalue weighted by molar-refractivity contribution is 5.84. The Morgan fingerprint density at radius 1 is 0.905 bits per heavy atom. The maximum Gasteiger partial charge on any atom is 0.310 e. The molecule has 3 fully saturated rings. The zero-order chi connectivity index (χ0) is 15.4. The van der Waals surface area contributed by atoms with E-state index in [9.17, 15) is 9.59 Å². The molecule has 0 aromatic heterocycles. The summed E-state index contributed by atoms with van der Waals surface area (Å²) in [4.78, 5) is 24.9. The third-order valence-corrected chi connectivity index (χ3v) is 5.73. The van der Waals surface area contributed by atoms with Gasteiger partial charge in [-0.05, 0) is 63.7 Å². The molecule has 21 heavy (non-hydrogen) atoms. The second-order valence-corrected chi connectivity index (χ2v) is 7.93. The van der Waals surface area contributed by atoms with Crippen molar-refractivity contribution in [1.82, 2.24) is 0 Å².